The number of carbonyl (C=O) groups excluding carboxylic acids is 1. The Labute approximate surface area is 116 Å². The number of nitrogens with two attached hydrogens (primary N) is 1. The summed E-state index contributed by atoms with van der Waals surface area (Å²) in [4.78, 5) is 11.1. The highest BCUT2D eigenvalue weighted by atomic mass is 16.5. The summed E-state index contributed by atoms with van der Waals surface area (Å²) >= 11 is 0. The number of anilines is 1. The van der Waals surface area contributed by atoms with E-state index in [4.69, 9.17) is 15.0 Å². The molecular weight excluding hydrogens is 260 g/mol. The SMILES string of the molecule is COc1ccc(C[n+]2noc(NC(C)=O)c2CN)cc1. The number of nitrogens with one attached hydrogen (secondary N) is 1. The van der Waals surface area contributed by atoms with Crippen LogP contribution >= 0.6 is 0 Å². The van der Waals surface area contributed by atoms with E-state index in [0.29, 0.717) is 12.2 Å². The molecule has 0 aliphatic carbocycles. The number of benzene rings is 1. The van der Waals surface area contributed by atoms with Crippen molar-refractivity contribution in [1.82, 2.24) is 5.27 Å². The Morgan fingerprint density at radius 1 is 1.45 bits per heavy atom. The number of methoxy groups -OCH3 is 1. The summed E-state index contributed by atoms with van der Waals surface area (Å²) in [6.07, 6.45) is 0. The lowest BCUT2D eigenvalue weighted by molar-refractivity contribution is -0.760. The molecule has 1 heterocycles. The predicted molar refractivity (Wildman–Crippen MR) is 71.0 cm³/mol. The Hall–Kier alpha value is -2.41. The number of ether oxygens (including phenoxy) is 1. The van der Waals surface area contributed by atoms with Gasteiger partial charge in [-0.15, -0.1) is 0 Å². The van der Waals surface area contributed by atoms with Crippen molar-refractivity contribution >= 4 is 11.8 Å². The van der Waals surface area contributed by atoms with Gasteiger partial charge in [0.15, 0.2) is 0 Å². The van der Waals surface area contributed by atoms with Gasteiger partial charge in [0.1, 0.15) is 5.75 Å². The molecule has 0 aliphatic heterocycles. The van der Waals surface area contributed by atoms with Crippen LogP contribution in [0, 0.1) is 0 Å². The fraction of sp³-hybridized carbons (Fsp3) is 0.308. The van der Waals surface area contributed by atoms with Crippen molar-refractivity contribution in [2.24, 2.45) is 5.73 Å². The second-order valence-corrected chi connectivity index (χ2v) is 4.24. The Balaban J connectivity index is 2.19. The number of hydrogen-bond donors (Lipinski definition) is 2. The van der Waals surface area contributed by atoms with E-state index in [1.807, 2.05) is 24.3 Å². The zero-order valence-corrected chi connectivity index (χ0v) is 11.4. The smallest absolute Gasteiger partial charge is 0.306 e. The van der Waals surface area contributed by atoms with Crippen LogP contribution in [0.2, 0.25) is 0 Å². The van der Waals surface area contributed by atoms with Crippen LogP contribution in [0.1, 0.15) is 18.2 Å². The molecule has 0 saturated carbocycles. The standard InChI is InChI=1S/C13H16N4O3/c1-9(18)15-13-12(7-14)17(16-20-13)8-10-3-5-11(19-2)6-4-10/h3-6H,7-8,14H2,1-2H3/p+1. The van der Waals surface area contributed by atoms with Gasteiger partial charge in [-0.1, -0.05) is 0 Å². The number of aromatic nitrogens is 2. The Kier molecular flexibility index (Phi) is 4.31. The molecule has 0 bridgehead atoms. The Morgan fingerprint density at radius 2 is 2.15 bits per heavy atom. The van der Waals surface area contributed by atoms with Crippen LogP contribution in [0.4, 0.5) is 5.88 Å². The van der Waals surface area contributed by atoms with Crippen LogP contribution in [-0.2, 0) is 17.9 Å². The van der Waals surface area contributed by atoms with Crippen molar-refractivity contribution < 1.29 is 18.7 Å². The molecule has 2 aromatic rings. The summed E-state index contributed by atoms with van der Waals surface area (Å²) in [7, 11) is 1.62. The van der Waals surface area contributed by atoms with Gasteiger partial charge in [0.25, 0.3) is 5.69 Å². The quantitative estimate of drug-likeness (QED) is 0.773. The highest BCUT2D eigenvalue weighted by Gasteiger charge is 2.24. The van der Waals surface area contributed by atoms with Crippen molar-refractivity contribution in [3.8, 4) is 5.75 Å². The van der Waals surface area contributed by atoms with Gasteiger partial charge in [-0.25, -0.2) is 0 Å². The normalized spacial score (nSPS) is 10.3. The van der Waals surface area contributed by atoms with Crippen LogP contribution in [0.3, 0.4) is 0 Å². The van der Waals surface area contributed by atoms with Crippen molar-refractivity contribution in [2.75, 3.05) is 12.4 Å². The van der Waals surface area contributed by atoms with E-state index in [-0.39, 0.29) is 18.3 Å². The molecule has 7 heteroatoms. The van der Waals surface area contributed by atoms with Crippen LogP contribution in [0.15, 0.2) is 28.8 Å². The fourth-order valence-electron chi connectivity index (χ4n) is 1.79. The van der Waals surface area contributed by atoms with E-state index < -0.39 is 0 Å². The minimum Gasteiger partial charge on any atom is -0.497 e. The minimum atomic E-state index is -0.229. The Bertz CT molecular complexity index is 592. The second kappa shape index (κ2) is 6.16. The predicted octanol–water partition coefficient (Wildman–Crippen LogP) is 0.436. The summed E-state index contributed by atoms with van der Waals surface area (Å²) in [6, 6.07) is 7.59. The molecule has 3 N–H and O–H groups in total. The zero-order valence-electron chi connectivity index (χ0n) is 11.4. The van der Waals surface area contributed by atoms with Crippen molar-refractivity contribution in [2.45, 2.75) is 20.0 Å². The first kappa shape index (κ1) is 14.0. The summed E-state index contributed by atoms with van der Waals surface area (Å²) in [6.45, 7) is 2.12. The van der Waals surface area contributed by atoms with E-state index >= 15 is 0 Å². The first-order valence-electron chi connectivity index (χ1n) is 6.13. The molecule has 20 heavy (non-hydrogen) atoms. The van der Waals surface area contributed by atoms with Crippen molar-refractivity contribution in [3.05, 3.63) is 35.5 Å². The molecule has 106 valence electrons. The largest absolute Gasteiger partial charge is 0.497 e. The topological polar surface area (TPSA) is 94.3 Å². The first-order valence-corrected chi connectivity index (χ1v) is 6.13. The molecule has 0 saturated heterocycles. The van der Waals surface area contributed by atoms with Gasteiger partial charge in [-0.05, 0) is 28.9 Å². The van der Waals surface area contributed by atoms with Gasteiger partial charge in [0, 0.05) is 12.5 Å². The van der Waals surface area contributed by atoms with Gasteiger partial charge < -0.3 is 10.5 Å². The van der Waals surface area contributed by atoms with Crippen molar-refractivity contribution in [3.63, 3.8) is 0 Å². The summed E-state index contributed by atoms with van der Waals surface area (Å²) < 4.78 is 11.8. The van der Waals surface area contributed by atoms with Gasteiger partial charge in [0.05, 0.1) is 13.7 Å². The average molecular weight is 277 g/mol. The number of rotatable bonds is 5. The van der Waals surface area contributed by atoms with E-state index in [1.54, 1.807) is 11.8 Å². The molecule has 2 rings (SSSR count). The van der Waals surface area contributed by atoms with E-state index in [0.717, 1.165) is 11.3 Å². The average Bonchev–Trinajstić information content (AvgIpc) is 2.80. The van der Waals surface area contributed by atoms with Gasteiger partial charge in [-0.2, -0.15) is 0 Å². The van der Waals surface area contributed by atoms with Crippen LogP contribution in [-0.4, -0.2) is 18.3 Å². The van der Waals surface area contributed by atoms with E-state index in [9.17, 15) is 4.79 Å². The summed E-state index contributed by atoms with van der Waals surface area (Å²) in [5, 5.41) is 6.45. The lowest BCUT2D eigenvalue weighted by atomic mass is 10.2. The van der Waals surface area contributed by atoms with Crippen LogP contribution < -0.4 is 20.5 Å². The molecular formula is C13H17N4O3+. The number of amides is 1. The maximum atomic E-state index is 11.1. The third-order valence-corrected chi connectivity index (χ3v) is 2.78. The summed E-state index contributed by atoms with van der Waals surface area (Å²) in [5.41, 5.74) is 7.34. The molecule has 0 spiro atoms. The fourth-order valence-corrected chi connectivity index (χ4v) is 1.79. The van der Waals surface area contributed by atoms with Gasteiger partial charge >= 0.3 is 5.88 Å². The number of carbonyl (C=O) groups is 1. The Morgan fingerprint density at radius 3 is 2.70 bits per heavy atom. The minimum absolute atomic E-state index is 0.218. The van der Waals surface area contributed by atoms with Crippen molar-refractivity contribution in [1.29, 1.82) is 0 Å². The number of hydrogen-bond acceptors (Lipinski definition) is 5. The van der Waals surface area contributed by atoms with Gasteiger partial charge in [-0.3, -0.25) is 14.6 Å². The van der Waals surface area contributed by atoms with Crippen LogP contribution in [0.25, 0.3) is 0 Å². The second-order valence-electron chi connectivity index (χ2n) is 4.24. The molecule has 0 radical (unpaired) electrons. The molecule has 0 atom stereocenters. The lowest BCUT2D eigenvalue weighted by Crippen LogP contribution is -2.41. The molecule has 1 amide bonds. The molecule has 7 nitrogen and oxygen atoms in total. The third-order valence-electron chi connectivity index (χ3n) is 2.78. The molecule has 0 aliphatic rings. The number of nitrogens with zero attached hydrogens (tertiary/aromatic N) is 2. The lowest BCUT2D eigenvalue weighted by Gasteiger charge is -1.99. The van der Waals surface area contributed by atoms with Gasteiger partial charge in [0.2, 0.25) is 17.7 Å². The molecule has 0 unspecified atom stereocenters. The zero-order chi connectivity index (χ0) is 14.5. The summed E-state index contributed by atoms with van der Waals surface area (Å²) in [5.74, 6) is 0.845. The molecule has 1 aromatic carbocycles. The van der Waals surface area contributed by atoms with Crippen LogP contribution in [0.5, 0.6) is 5.75 Å². The monoisotopic (exact) mass is 277 g/mol. The highest BCUT2D eigenvalue weighted by molar-refractivity contribution is 5.87. The first-order chi connectivity index (χ1) is 9.63. The highest BCUT2D eigenvalue weighted by Crippen LogP contribution is 2.13. The third kappa shape index (κ3) is 3.12. The van der Waals surface area contributed by atoms with E-state index in [2.05, 4.69) is 10.6 Å². The molecule has 1 aromatic heterocycles. The maximum Gasteiger partial charge on any atom is 0.306 e. The van der Waals surface area contributed by atoms with E-state index in [1.165, 1.54) is 6.92 Å². The molecule has 0 fully saturated rings. The maximum absolute atomic E-state index is 11.1.